The van der Waals surface area contributed by atoms with Crippen LogP contribution in [0.3, 0.4) is 0 Å². The summed E-state index contributed by atoms with van der Waals surface area (Å²) < 4.78 is 27.1. The second-order valence-corrected chi connectivity index (χ2v) is 6.56. The molecule has 7 heteroatoms. The molecule has 1 fully saturated rings. The maximum Gasteiger partial charge on any atom is 0.258 e. The quantitative estimate of drug-likeness (QED) is 0.873. The highest BCUT2D eigenvalue weighted by Crippen LogP contribution is 2.29. The third kappa shape index (κ3) is 2.96. The summed E-state index contributed by atoms with van der Waals surface area (Å²) in [4.78, 5) is 6.75. The minimum atomic E-state index is -3.71. The average Bonchev–Trinajstić information content (AvgIpc) is 2.89. The molecule has 1 aliphatic carbocycles. The molecule has 2 N–H and O–H groups in total. The fourth-order valence-corrected chi connectivity index (χ4v) is 3.68. The van der Waals surface area contributed by atoms with Gasteiger partial charge in [0, 0.05) is 6.42 Å². The molecule has 1 aromatic rings. The summed E-state index contributed by atoms with van der Waals surface area (Å²) in [6.45, 7) is 1.89. The van der Waals surface area contributed by atoms with Crippen molar-refractivity contribution in [3.63, 3.8) is 0 Å². The lowest BCUT2D eigenvalue weighted by molar-refractivity contribution is 0.337. The van der Waals surface area contributed by atoms with Crippen LogP contribution in [0.5, 0.6) is 0 Å². The Morgan fingerprint density at radius 3 is 2.68 bits per heavy atom. The number of nitriles is 1. The molecule has 2 rings (SSSR count). The summed E-state index contributed by atoms with van der Waals surface area (Å²) in [7, 11) is -3.71. The predicted octanol–water partition coefficient (Wildman–Crippen LogP) is 1.48. The molecule has 1 aromatic heterocycles. The SMILES string of the molecule is CCc1ncc(S(=O)(=O)NC2(C#N)CCCCC2)[nH]1. The number of rotatable bonds is 4. The second kappa shape index (κ2) is 5.31. The number of imidazole rings is 1. The summed E-state index contributed by atoms with van der Waals surface area (Å²) in [6.07, 6.45) is 5.87. The van der Waals surface area contributed by atoms with E-state index in [1.807, 2.05) is 6.92 Å². The number of hydrogen-bond acceptors (Lipinski definition) is 4. The van der Waals surface area contributed by atoms with Gasteiger partial charge in [-0.05, 0) is 12.8 Å². The van der Waals surface area contributed by atoms with Crippen molar-refractivity contribution in [2.24, 2.45) is 0 Å². The summed E-state index contributed by atoms with van der Waals surface area (Å²) in [5.74, 6) is 0.620. The highest BCUT2D eigenvalue weighted by atomic mass is 32.2. The second-order valence-electron chi connectivity index (χ2n) is 4.91. The molecule has 0 spiro atoms. The van der Waals surface area contributed by atoms with E-state index in [9.17, 15) is 13.7 Å². The normalized spacial score (nSPS) is 18.9. The summed E-state index contributed by atoms with van der Waals surface area (Å²) >= 11 is 0. The number of aromatic nitrogens is 2. The monoisotopic (exact) mass is 282 g/mol. The molecule has 0 saturated heterocycles. The van der Waals surface area contributed by atoms with Crippen LogP contribution in [0.15, 0.2) is 11.2 Å². The average molecular weight is 282 g/mol. The molecule has 1 aliphatic rings. The molecule has 0 amide bonds. The van der Waals surface area contributed by atoms with E-state index in [2.05, 4.69) is 20.8 Å². The molecule has 1 heterocycles. The molecule has 104 valence electrons. The highest BCUT2D eigenvalue weighted by Gasteiger charge is 2.37. The van der Waals surface area contributed by atoms with E-state index in [1.165, 1.54) is 6.20 Å². The zero-order chi connectivity index (χ0) is 13.9. The minimum Gasteiger partial charge on any atom is -0.332 e. The lowest BCUT2D eigenvalue weighted by Crippen LogP contribution is -2.48. The Balaban J connectivity index is 2.23. The van der Waals surface area contributed by atoms with Gasteiger partial charge in [0.15, 0.2) is 5.03 Å². The Morgan fingerprint density at radius 2 is 2.16 bits per heavy atom. The molecular weight excluding hydrogens is 264 g/mol. The molecule has 19 heavy (non-hydrogen) atoms. The number of aryl methyl sites for hydroxylation is 1. The van der Waals surface area contributed by atoms with Crippen molar-refractivity contribution in [2.75, 3.05) is 0 Å². The van der Waals surface area contributed by atoms with E-state index in [-0.39, 0.29) is 5.03 Å². The van der Waals surface area contributed by atoms with Crippen LogP contribution in [0.2, 0.25) is 0 Å². The first-order valence-electron chi connectivity index (χ1n) is 6.50. The minimum absolute atomic E-state index is 0.0320. The molecule has 0 aliphatic heterocycles. The first kappa shape index (κ1) is 14.0. The van der Waals surface area contributed by atoms with E-state index >= 15 is 0 Å². The standard InChI is InChI=1S/C12H18N4O2S/c1-2-10-14-8-11(15-10)19(17,18)16-12(9-13)6-4-3-5-7-12/h8,16H,2-7H2,1H3,(H,14,15). The van der Waals surface area contributed by atoms with Crippen LogP contribution >= 0.6 is 0 Å². The molecule has 0 atom stereocenters. The van der Waals surface area contributed by atoms with Gasteiger partial charge in [0.2, 0.25) is 0 Å². The summed E-state index contributed by atoms with van der Waals surface area (Å²) in [5, 5.41) is 9.33. The van der Waals surface area contributed by atoms with E-state index in [1.54, 1.807) is 0 Å². The fourth-order valence-electron chi connectivity index (χ4n) is 2.36. The van der Waals surface area contributed by atoms with Crippen molar-refractivity contribution in [1.82, 2.24) is 14.7 Å². The van der Waals surface area contributed by atoms with Gasteiger partial charge in [-0.3, -0.25) is 0 Å². The first-order chi connectivity index (χ1) is 9.01. The van der Waals surface area contributed by atoms with Gasteiger partial charge in [-0.15, -0.1) is 0 Å². The van der Waals surface area contributed by atoms with Crippen LogP contribution < -0.4 is 4.72 Å². The summed E-state index contributed by atoms with van der Waals surface area (Å²) in [5.41, 5.74) is -0.964. The molecule has 0 radical (unpaired) electrons. The third-order valence-corrected chi connectivity index (χ3v) is 4.93. The molecular formula is C12H18N4O2S. The number of sulfonamides is 1. The Kier molecular flexibility index (Phi) is 3.92. The van der Waals surface area contributed by atoms with E-state index in [4.69, 9.17) is 0 Å². The largest absolute Gasteiger partial charge is 0.332 e. The summed E-state index contributed by atoms with van der Waals surface area (Å²) in [6, 6.07) is 2.14. The van der Waals surface area contributed by atoms with Gasteiger partial charge in [-0.1, -0.05) is 26.2 Å². The van der Waals surface area contributed by atoms with Crippen molar-refractivity contribution < 1.29 is 8.42 Å². The van der Waals surface area contributed by atoms with Crippen LogP contribution in [0.25, 0.3) is 0 Å². The van der Waals surface area contributed by atoms with E-state index < -0.39 is 15.6 Å². The number of H-pyrrole nitrogens is 1. The Labute approximate surface area is 113 Å². The van der Waals surface area contributed by atoms with Gasteiger partial charge in [0.25, 0.3) is 10.0 Å². The number of aromatic amines is 1. The molecule has 0 unspecified atom stereocenters. The van der Waals surface area contributed by atoms with Crippen LogP contribution in [-0.4, -0.2) is 23.9 Å². The molecule has 1 saturated carbocycles. The maximum atomic E-state index is 12.3. The smallest absolute Gasteiger partial charge is 0.258 e. The topological polar surface area (TPSA) is 98.6 Å². The van der Waals surface area contributed by atoms with Crippen molar-refractivity contribution in [3.05, 3.63) is 12.0 Å². The highest BCUT2D eigenvalue weighted by molar-refractivity contribution is 7.89. The van der Waals surface area contributed by atoms with Crippen molar-refractivity contribution in [3.8, 4) is 6.07 Å². The van der Waals surface area contributed by atoms with Gasteiger partial charge >= 0.3 is 0 Å². The zero-order valence-electron chi connectivity index (χ0n) is 10.9. The maximum absolute atomic E-state index is 12.3. The van der Waals surface area contributed by atoms with Gasteiger partial charge < -0.3 is 4.98 Å². The van der Waals surface area contributed by atoms with Crippen LogP contribution in [0.1, 0.15) is 44.9 Å². The van der Waals surface area contributed by atoms with Gasteiger partial charge in [0.1, 0.15) is 11.4 Å². The number of hydrogen-bond donors (Lipinski definition) is 2. The fraction of sp³-hybridized carbons (Fsp3) is 0.667. The van der Waals surface area contributed by atoms with Crippen molar-refractivity contribution >= 4 is 10.0 Å². The van der Waals surface area contributed by atoms with Crippen LogP contribution in [0.4, 0.5) is 0 Å². The molecule has 0 aromatic carbocycles. The van der Waals surface area contributed by atoms with Crippen LogP contribution in [0, 0.1) is 11.3 Å². The number of nitrogens with one attached hydrogen (secondary N) is 2. The predicted molar refractivity (Wildman–Crippen MR) is 69.7 cm³/mol. The van der Waals surface area contributed by atoms with Crippen molar-refractivity contribution in [2.45, 2.75) is 56.0 Å². The van der Waals surface area contributed by atoms with Gasteiger partial charge in [-0.2, -0.15) is 9.98 Å². The first-order valence-corrected chi connectivity index (χ1v) is 7.99. The Morgan fingerprint density at radius 1 is 1.47 bits per heavy atom. The van der Waals surface area contributed by atoms with Crippen molar-refractivity contribution in [1.29, 1.82) is 5.26 Å². The molecule has 0 bridgehead atoms. The van der Waals surface area contributed by atoms with Gasteiger partial charge in [0.05, 0.1) is 12.3 Å². The Bertz CT molecular complexity index is 579. The van der Waals surface area contributed by atoms with Gasteiger partial charge in [-0.25, -0.2) is 13.4 Å². The third-order valence-electron chi connectivity index (χ3n) is 3.48. The lowest BCUT2D eigenvalue weighted by atomic mass is 9.84. The Hall–Kier alpha value is -1.39. The van der Waals surface area contributed by atoms with E-state index in [0.717, 1.165) is 19.3 Å². The number of nitrogens with zero attached hydrogens (tertiary/aromatic N) is 2. The van der Waals surface area contributed by atoms with Crippen LogP contribution in [-0.2, 0) is 16.4 Å². The zero-order valence-corrected chi connectivity index (χ0v) is 11.8. The van der Waals surface area contributed by atoms with E-state index in [0.29, 0.717) is 25.1 Å². The lowest BCUT2D eigenvalue weighted by Gasteiger charge is -2.30. The molecule has 6 nitrogen and oxygen atoms in total.